The molecular weight excluding hydrogens is 402 g/mol. The number of carbonyl (C=O) groups is 3. The number of amides is 3. The number of H-pyrrole nitrogens is 1. The topological polar surface area (TPSA) is 73.5 Å². The summed E-state index contributed by atoms with van der Waals surface area (Å²) >= 11 is 0. The number of benzene rings is 2. The molecule has 164 valence electrons. The fourth-order valence-electron chi connectivity index (χ4n) is 5.18. The summed E-state index contributed by atoms with van der Waals surface area (Å²) in [5.41, 5.74) is 3.20. The smallest absolute Gasteiger partial charge is 0.262 e. The van der Waals surface area contributed by atoms with Gasteiger partial charge in [0.25, 0.3) is 11.8 Å². The molecule has 0 radical (unpaired) electrons. The monoisotopic (exact) mass is 429 g/mol. The number of fused-ring (bicyclic) bond motifs is 2. The summed E-state index contributed by atoms with van der Waals surface area (Å²) in [6, 6.07) is 14.3. The Balaban J connectivity index is 1.33. The summed E-state index contributed by atoms with van der Waals surface area (Å²) in [4.78, 5) is 45.9. The van der Waals surface area contributed by atoms with Crippen LogP contribution in [0.25, 0.3) is 10.9 Å². The first-order chi connectivity index (χ1) is 15.5. The van der Waals surface area contributed by atoms with Gasteiger partial charge in [0.05, 0.1) is 11.1 Å². The molecule has 6 nitrogen and oxygen atoms in total. The standard InChI is InChI=1S/C26H27N3O3/c1-16(2)23(29-24(30)19-8-3-4-9-20(19)25(29)31)26(32)28-13-11-17(12-14-28)21-15-27-22-10-6-5-7-18(21)22/h3-10,15-17,23,27H,11-14H2,1-2H3. The third kappa shape index (κ3) is 3.22. The van der Waals surface area contributed by atoms with E-state index < -0.39 is 6.04 Å². The Hall–Kier alpha value is -3.41. The first-order valence-corrected chi connectivity index (χ1v) is 11.3. The van der Waals surface area contributed by atoms with Crippen molar-refractivity contribution in [2.75, 3.05) is 13.1 Å². The van der Waals surface area contributed by atoms with Gasteiger partial charge >= 0.3 is 0 Å². The Kier molecular flexibility index (Phi) is 5.08. The van der Waals surface area contributed by atoms with Crippen LogP contribution in [0.5, 0.6) is 0 Å². The first kappa shape index (κ1) is 20.5. The maximum absolute atomic E-state index is 13.5. The van der Waals surface area contributed by atoms with Crippen molar-refractivity contribution < 1.29 is 14.4 Å². The number of carbonyl (C=O) groups excluding carboxylic acids is 3. The van der Waals surface area contributed by atoms with Gasteiger partial charge in [-0.3, -0.25) is 19.3 Å². The third-order valence-electron chi connectivity index (χ3n) is 6.86. The van der Waals surface area contributed by atoms with Crippen molar-refractivity contribution in [2.45, 2.75) is 38.6 Å². The minimum Gasteiger partial charge on any atom is -0.361 e. The fourth-order valence-corrected chi connectivity index (χ4v) is 5.18. The molecule has 1 saturated heterocycles. The molecule has 5 rings (SSSR count). The predicted molar refractivity (Wildman–Crippen MR) is 122 cm³/mol. The molecule has 1 N–H and O–H groups in total. The normalized spacial score (nSPS) is 18.0. The second kappa shape index (κ2) is 7.93. The summed E-state index contributed by atoms with van der Waals surface area (Å²) in [6.07, 6.45) is 3.81. The lowest BCUT2D eigenvalue weighted by atomic mass is 9.88. The van der Waals surface area contributed by atoms with E-state index in [1.54, 1.807) is 24.3 Å². The maximum Gasteiger partial charge on any atom is 0.262 e. The van der Waals surface area contributed by atoms with E-state index in [-0.39, 0.29) is 23.6 Å². The number of likely N-dealkylation sites (tertiary alicyclic amines) is 1. The number of aromatic amines is 1. The van der Waals surface area contributed by atoms with Crippen molar-refractivity contribution in [1.82, 2.24) is 14.8 Å². The van der Waals surface area contributed by atoms with Crippen molar-refractivity contribution in [2.24, 2.45) is 5.92 Å². The Morgan fingerprint density at radius 3 is 2.16 bits per heavy atom. The van der Waals surface area contributed by atoms with Crippen LogP contribution in [0, 0.1) is 5.92 Å². The lowest BCUT2D eigenvalue weighted by Gasteiger charge is -2.37. The molecule has 32 heavy (non-hydrogen) atoms. The number of para-hydroxylation sites is 1. The van der Waals surface area contributed by atoms with E-state index in [4.69, 9.17) is 0 Å². The summed E-state index contributed by atoms with van der Waals surface area (Å²) in [5, 5.41) is 1.24. The molecular formula is C26H27N3O3. The van der Waals surface area contributed by atoms with E-state index >= 15 is 0 Å². The minimum absolute atomic E-state index is 0.133. The van der Waals surface area contributed by atoms with Gasteiger partial charge in [0, 0.05) is 30.2 Å². The molecule has 3 amide bonds. The number of aromatic nitrogens is 1. The predicted octanol–water partition coefficient (Wildman–Crippen LogP) is 4.19. The van der Waals surface area contributed by atoms with Gasteiger partial charge in [0.15, 0.2) is 0 Å². The van der Waals surface area contributed by atoms with Crippen LogP contribution in [0.4, 0.5) is 0 Å². The second-order valence-corrected chi connectivity index (χ2v) is 9.10. The summed E-state index contributed by atoms with van der Waals surface area (Å²) in [7, 11) is 0. The average Bonchev–Trinajstić information content (AvgIpc) is 3.35. The molecule has 0 spiro atoms. The average molecular weight is 430 g/mol. The number of nitrogens with one attached hydrogen (secondary N) is 1. The Morgan fingerprint density at radius 1 is 0.938 bits per heavy atom. The van der Waals surface area contributed by atoms with Gasteiger partial charge in [-0.05, 0) is 48.4 Å². The number of nitrogens with zero attached hydrogens (tertiary/aromatic N) is 2. The maximum atomic E-state index is 13.5. The van der Waals surface area contributed by atoms with E-state index in [1.807, 2.05) is 30.9 Å². The van der Waals surface area contributed by atoms with Crippen molar-refractivity contribution in [1.29, 1.82) is 0 Å². The van der Waals surface area contributed by atoms with Gasteiger partial charge in [-0.15, -0.1) is 0 Å². The van der Waals surface area contributed by atoms with Gasteiger partial charge in [0.1, 0.15) is 6.04 Å². The van der Waals surface area contributed by atoms with E-state index in [2.05, 4.69) is 23.3 Å². The van der Waals surface area contributed by atoms with Crippen LogP contribution >= 0.6 is 0 Å². The van der Waals surface area contributed by atoms with Gasteiger partial charge in [-0.2, -0.15) is 0 Å². The van der Waals surface area contributed by atoms with Crippen LogP contribution in [0.15, 0.2) is 54.7 Å². The highest BCUT2D eigenvalue weighted by Gasteiger charge is 2.45. The lowest BCUT2D eigenvalue weighted by Crippen LogP contribution is -2.54. The van der Waals surface area contributed by atoms with Crippen LogP contribution in [0.2, 0.25) is 0 Å². The van der Waals surface area contributed by atoms with E-state index in [0.29, 0.717) is 30.1 Å². The van der Waals surface area contributed by atoms with Crippen LogP contribution in [0.1, 0.15) is 58.9 Å². The summed E-state index contributed by atoms with van der Waals surface area (Å²) in [5.74, 6) is -0.660. The molecule has 0 bridgehead atoms. The zero-order valence-corrected chi connectivity index (χ0v) is 18.4. The molecule has 1 unspecified atom stereocenters. The number of hydrogen-bond acceptors (Lipinski definition) is 3. The van der Waals surface area contributed by atoms with Gasteiger partial charge in [-0.1, -0.05) is 44.2 Å². The molecule has 1 atom stereocenters. The van der Waals surface area contributed by atoms with Crippen LogP contribution < -0.4 is 0 Å². The van der Waals surface area contributed by atoms with Gasteiger partial charge in [-0.25, -0.2) is 0 Å². The Bertz CT molecular complexity index is 1170. The molecule has 2 aromatic carbocycles. The number of piperidine rings is 1. The first-order valence-electron chi connectivity index (χ1n) is 11.3. The van der Waals surface area contributed by atoms with E-state index in [1.165, 1.54) is 15.8 Å². The SMILES string of the molecule is CC(C)C(C(=O)N1CCC(c2c[nH]c3ccccc23)CC1)N1C(=O)c2ccccc2C1=O. The molecule has 0 saturated carbocycles. The zero-order chi connectivity index (χ0) is 22.4. The summed E-state index contributed by atoms with van der Waals surface area (Å²) < 4.78 is 0. The Labute approximate surface area is 187 Å². The molecule has 1 aromatic heterocycles. The number of hydrogen-bond donors (Lipinski definition) is 1. The molecule has 3 heterocycles. The van der Waals surface area contributed by atoms with Gasteiger partial charge in [0.2, 0.25) is 5.91 Å². The quantitative estimate of drug-likeness (QED) is 0.632. The highest BCUT2D eigenvalue weighted by Crippen LogP contribution is 2.34. The van der Waals surface area contributed by atoms with Crippen molar-refractivity contribution in [3.05, 3.63) is 71.4 Å². The fraction of sp³-hybridized carbons (Fsp3) is 0.346. The second-order valence-electron chi connectivity index (χ2n) is 9.10. The van der Waals surface area contributed by atoms with Crippen molar-refractivity contribution in [3.63, 3.8) is 0 Å². The largest absolute Gasteiger partial charge is 0.361 e. The van der Waals surface area contributed by atoms with Crippen LogP contribution in [0.3, 0.4) is 0 Å². The molecule has 2 aliphatic heterocycles. The number of rotatable bonds is 4. The molecule has 2 aliphatic rings. The molecule has 3 aromatic rings. The van der Waals surface area contributed by atoms with E-state index in [0.717, 1.165) is 18.4 Å². The number of imide groups is 1. The lowest BCUT2D eigenvalue weighted by molar-refractivity contribution is -0.138. The molecule has 0 aliphatic carbocycles. The molecule has 6 heteroatoms. The zero-order valence-electron chi connectivity index (χ0n) is 18.4. The van der Waals surface area contributed by atoms with Gasteiger partial charge < -0.3 is 9.88 Å². The highest BCUT2D eigenvalue weighted by molar-refractivity contribution is 6.22. The Morgan fingerprint density at radius 2 is 1.53 bits per heavy atom. The third-order valence-corrected chi connectivity index (χ3v) is 6.86. The van der Waals surface area contributed by atoms with Crippen LogP contribution in [-0.4, -0.2) is 51.6 Å². The van der Waals surface area contributed by atoms with Crippen molar-refractivity contribution in [3.8, 4) is 0 Å². The summed E-state index contributed by atoms with van der Waals surface area (Å²) in [6.45, 7) is 5.03. The van der Waals surface area contributed by atoms with E-state index in [9.17, 15) is 14.4 Å². The minimum atomic E-state index is -0.785. The molecule has 1 fully saturated rings. The van der Waals surface area contributed by atoms with Crippen LogP contribution in [-0.2, 0) is 4.79 Å². The highest BCUT2D eigenvalue weighted by atomic mass is 16.2. The van der Waals surface area contributed by atoms with Crippen molar-refractivity contribution >= 4 is 28.6 Å².